The zero-order valence-electron chi connectivity index (χ0n) is 15.0. The summed E-state index contributed by atoms with van der Waals surface area (Å²) in [5, 5.41) is 0.165. The van der Waals surface area contributed by atoms with E-state index in [1.54, 1.807) is 0 Å². The minimum atomic E-state index is -1.01. The van der Waals surface area contributed by atoms with Crippen molar-refractivity contribution >= 4 is 29.4 Å². The molecule has 0 unspecified atom stereocenters. The number of hydrogen-bond acceptors (Lipinski definition) is 5. The summed E-state index contributed by atoms with van der Waals surface area (Å²) in [6.07, 6.45) is 0.297. The second kappa shape index (κ2) is 8.39. The van der Waals surface area contributed by atoms with Crippen LogP contribution in [0.2, 0.25) is 5.02 Å². The molecule has 0 fully saturated rings. The topological polar surface area (TPSA) is 72.9 Å². The average molecular weight is 406 g/mol. The molecule has 0 saturated carbocycles. The van der Waals surface area contributed by atoms with Gasteiger partial charge in [0.2, 0.25) is 0 Å². The van der Waals surface area contributed by atoms with Crippen LogP contribution in [0.15, 0.2) is 42.5 Å². The third-order valence-electron chi connectivity index (χ3n) is 4.52. The van der Waals surface area contributed by atoms with Crippen LogP contribution in [0.25, 0.3) is 0 Å². The quantitative estimate of drug-likeness (QED) is 0.731. The van der Waals surface area contributed by atoms with E-state index in [1.165, 1.54) is 18.1 Å². The van der Waals surface area contributed by atoms with Crippen molar-refractivity contribution in [3.63, 3.8) is 0 Å². The van der Waals surface area contributed by atoms with Gasteiger partial charge in [0.15, 0.2) is 6.61 Å². The first kappa shape index (κ1) is 19.8. The molecule has 0 saturated heterocycles. The highest BCUT2D eigenvalue weighted by molar-refractivity contribution is 6.30. The number of benzene rings is 2. The van der Waals surface area contributed by atoms with Crippen molar-refractivity contribution in [1.82, 2.24) is 4.90 Å². The predicted octanol–water partition coefficient (Wildman–Crippen LogP) is 2.76. The summed E-state index contributed by atoms with van der Waals surface area (Å²) in [4.78, 5) is 38.2. The van der Waals surface area contributed by atoms with Gasteiger partial charge in [-0.2, -0.15) is 0 Å². The van der Waals surface area contributed by atoms with Gasteiger partial charge in [0, 0.05) is 18.0 Å². The van der Waals surface area contributed by atoms with Crippen LogP contribution in [0.3, 0.4) is 0 Å². The van der Waals surface area contributed by atoms with Crippen LogP contribution in [0.5, 0.6) is 0 Å². The summed E-state index contributed by atoms with van der Waals surface area (Å²) < 4.78 is 23.5. The van der Waals surface area contributed by atoms with E-state index in [2.05, 4.69) is 0 Å². The zero-order valence-corrected chi connectivity index (χ0v) is 15.7. The first-order valence-electron chi connectivity index (χ1n) is 8.47. The van der Waals surface area contributed by atoms with Gasteiger partial charge in [-0.05, 0) is 29.3 Å². The Hall–Kier alpha value is -2.93. The van der Waals surface area contributed by atoms with Crippen LogP contribution in [0.1, 0.15) is 21.5 Å². The molecule has 28 heavy (non-hydrogen) atoms. The van der Waals surface area contributed by atoms with E-state index in [-0.39, 0.29) is 17.1 Å². The van der Waals surface area contributed by atoms with Crippen molar-refractivity contribution in [3.8, 4) is 0 Å². The Morgan fingerprint density at radius 1 is 1.18 bits per heavy atom. The summed E-state index contributed by atoms with van der Waals surface area (Å²) in [7, 11) is 1.24. The Bertz CT molecular complexity index is 933. The van der Waals surface area contributed by atoms with Gasteiger partial charge >= 0.3 is 11.9 Å². The molecule has 3 rings (SSSR count). The molecule has 6 nitrogen and oxygen atoms in total. The van der Waals surface area contributed by atoms with Crippen LogP contribution < -0.4 is 0 Å². The summed E-state index contributed by atoms with van der Waals surface area (Å²) in [6, 6.07) is 10.1. The maximum Gasteiger partial charge on any atom is 0.341 e. The van der Waals surface area contributed by atoms with Gasteiger partial charge in [-0.25, -0.2) is 14.0 Å². The van der Waals surface area contributed by atoms with E-state index in [1.807, 2.05) is 24.3 Å². The van der Waals surface area contributed by atoms with E-state index in [0.717, 1.165) is 23.3 Å². The highest BCUT2D eigenvalue weighted by atomic mass is 35.5. The lowest BCUT2D eigenvalue weighted by Crippen LogP contribution is -2.50. The zero-order chi connectivity index (χ0) is 20.3. The first-order chi connectivity index (χ1) is 13.4. The number of methoxy groups -OCH3 is 1. The van der Waals surface area contributed by atoms with Crippen LogP contribution in [0.4, 0.5) is 4.39 Å². The Morgan fingerprint density at radius 2 is 1.89 bits per heavy atom. The number of fused-ring (bicyclic) bond motifs is 1. The smallest absolute Gasteiger partial charge is 0.341 e. The number of carbonyl (C=O) groups excluding carboxylic acids is 3. The van der Waals surface area contributed by atoms with E-state index in [4.69, 9.17) is 21.1 Å². The summed E-state index contributed by atoms with van der Waals surface area (Å²) >= 11 is 5.76. The van der Waals surface area contributed by atoms with Gasteiger partial charge in [0.25, 0.3) is 5.91 Å². The highest BCUT2D eigenvalue weighted by Crippen LogP contribution is 2.24. The SMILES string of the molecule is COC(=O)[C@H]1Cc2ccccc2CN1C(=O)COC(=O)c1cc(Cl)ccc1F. The molecule has 1 heterocycles. The third kappa shape index (κ3) is 4.14. The second-order valence-corrected chi connectivity index (χ2v) is 6.67. The van der Waals surface area contributed by atoms with Crippen molar-refractivity contribution in [2.45, 2.75) is 19.0 Å². The summed E-state index contributed by atoms with van der Waals surface area (Å²) in [5.41, 5.74) is 1.47. The van der Waals surface area contributed by atoms with Gasteiger partial charge in [0.05, 0.1) is 12.7 Å². The number of nitrogens with zero attached hydrogens (tertiary/aromatic N) is 1. The number of hydrogen-bond donors (Lipinski definition) is 0. The lowest BCUT2D eigenvalue weighted by molar-refractivity contribution is -0.155. The Morgan fingerprint density at radius 3 is 2.61 bits per heavy atom. The molecule has 1 amide bonds. The fraction of sp³-hybridized carbons (Fsp3) is 0.250. The van der Waals surface area contributed by atoms with Gasteiger partial charge < -0.3 is 14.4 Å². The standard InChI is InChI=1S/C20H17ClFNO5/c1-27-20(26)17-8-12-4-2-3-5-13(12)10-23(17)18(24)11-28-19(25)15-9-14(21)6-7-16(15)22/h2-7,9,17H,8,10-11H2,1H3/t17-/m1/s1. The summed E-state index contributed by atoms with van der Waals surface area (Å²) in [6.45, 7) is -0.460. The van der Waals surface area contributed by atoms with Crippen molar-refractivity contribution in [2.24, 2.45) is 0 Å². The van der Waals surface area contributed by atoms with Gasteiger partial charge in [-0.1, -0.05) is 35.9 Å². The minimum absolute atomic E-state index is 0.165. The Labute approximate surface area is 165 Å². The molecule has 2 aromatic carbocycles. The number of amides is 1. The monoisotopic (exact) mass is 405 g/mol. The minimum Gasteiger partial charge on any atom is -0.467 e. The van der Waals surface area contributed by atoms with Crippen LogP contribution in [-0.4, -0.2) is 42.5 Å². The average Bonchev–Trinajstić information content (AvgIpc) is 2.71. The number of carbonyl (C=O) groups is 3. The molecular formula is C20H17ClFNO5. The lowest BCUT2D eigenvalue weighted by atomic mass is 9.94. The molecule has 0 bridgehead atoms. The number of esters is 2. The van der Waals surface area contributed by atoms with Gasteiger partial charge in [0.1, 0.15) is 11.9 Å². The maximum atomic E-state index is 13.8. The van der Waals surface area contributed by atoms with Crippen molar-refractivity contribution in [1.29, 1.82) is 0 Å². The molecule has 0 aromatic heterocycles. The molecule has 0 spiro atoms. The van der Waals surface area contributed by atoms with Crippen LogP contribution >= 0.6 is 11.6 Å². The van der Waals surface area contributed by atoms with Crippen LogP contribution in [0, 0.1) is 5.82 Å². The molecule has 0 N–H and O–H groups in total. The predicted molar refractivity (Wildman–Crippen MR) is 98.2 cm³/mol. The van der Waals surface area contributed by atoms with Crippen LogP contribution in [-0.2, 0) is 32.0 Å². The van der Waals surface area contributed by atoms with E-state index in [9.17, 15) is 18.8 Å². The molecule has 1 atom stereocenters. The number of ether oxygens (including phenoxy) is 2. The van der Waals surface area contributed by atoms with Crippen molar-refractivity contribution in [2.75, 3.05) is 13.7 Å². The Kier molecular flexibility index (Phi) is 5.94. The lowest BCUT2D eigenvalue weighted by Gasteiger charge is -2.35. The van der Waals surface area contributed by atoms with Gasteiger partial charge in [-0.3, -0.25) is 4.79 Å². The third-order valence-corrected chi connectivity index (χ3v) is 4.75. The molecule has 8 heteroatoms. The Balaban J connectivity index is 1.73. The molecule has 2 aromatic rings. The van der Waals surface area contributed by atoms with E-state index >= 15 is 0 Å². The molecule has 146 valence electrons. The molecule has 1 aliphatic heterocycles. The van der Waals surface area contributed by atoms with Crippen molar-refractivity contribution < 1.29 is 28.2 Å². The molecule has 0 aliphatic carbocycles. The molecular weight excluding hydrogens is 389 g/mol. The highest BCUT2D eigenvalue weighted by Gasteiger charge is 2.35. The number of halogens is 2. The summed E-state index contributed by atoms with van der Waals surface area (Å²) in [5.74, 6) is -2.96. The van der Waals surface area contributed by atoms with Gasteiger partial charge in [-0.15, -0.1) is 0 Å². The second-order valence-electron chi connectivity index (χ2n) is 6.23. The fourth-order valence-corrected chi connectivity index (χ4v) is 3.25. The normalized spacial score (nSPS) is 15.5. The first-order valence-corrected chi connectivity index (χ1v) is 8.84. The van der Waals surface area contributed by atoms with Crippen molar-refractivity contribution in [3.05, 3.63) is 70.0 Å². The molecule has 0 radical (unpaired) electrons. The molecule has 1 aliphatic rings. The number of rotatable bonds is 4. The largest absolute Gasteiger partial charge is 0.467 e. The fourth-order valence-electron chi connectivity index (χ4n) is 3.07. The van der Waals surface area contributed by atoms with E-state index in [0.29, 0.717) is 6.42 Å². The maximum absolute atomic E-state index is 13.8. The van der Waals surface area contributed by atoms with E-state index < -0.39 is 36.3 Å².